The van der Waals surface area contributed by atoms with Gasteiger partial charge in [0.05, 0.1) is 15.1 Å². The van der Waals surface area contributed by atoms with E-state index in [0.29, 0.717) is 22.2 Å². The first-order valence-corrected chi connectivity index (χ1v) is 8.00. The van der Waals surface area contributed by atoms with Crippen molar-refractivity contribution in [3.63, 3.8) is 0 Å². The minimum Gasteiger partial charge on any atom is -0.295 e. The molecule has 0 aromatic carbocycles. The molecule has 0 amide bonds. The van der Waals surface area contributed by atoms with Gasteiger partial charge in [-0.05, 0) is 19.8 Å². The number of halogens is 2. The molecule has 0 fully saturated rings. The number of rotatable bonds is 2. The summed E-state index contributed by atoms with van der Waals surface area (Å²) in [7, 11) is 0. The molecule has 0 atom stereocenters. The van der Waals surface area contributed by atoms with Crippen LogP contribution in [0.1, 0.15) is 31.7 Å². The molecule has 0 N–H and O–H groups in total. The molecule has 2 rings (SSSR count). The van der Waals surface area contributed by atoms with Crippen LogP contribution in [0.3, 0.4) is 0 Å². The average molecular weight is 329 g/mol. The van der Waals surface area contributed by atoms with Crippen LogP contribution in [-0.2, 0) is 10.5 Å². The number of aliphatic imine (C=N–C) groups is 1. The second-order valence-electron chi connectivity index (χ2n) is 4.48. The van der Waals surface area contributed by atoms with E-state index in [0.717, 1.165) is 29.1 Å². The highest BCUT2D eigenvalue weighted by Gasteiger charge is 2.11. The summed E-state index contributed by atoms with van der Waals surface area (Å²) in [6.07, 6.45) is 6.99. The molecule has 20 heavy (non-hydrogen) atoms. The minimum atomic E-state index is 0.149. The number of carbonyl (C=O) groups is 1. The van der Waals surface area contributed by atoms with Crippen molar-refractivity contribution in [2.24, 2.45) is 4.99 Å². The topological polar surface area (TPSA) is 42.3 Å². The highest BCUT2D eigenvalue weighted by atomic mass is 35.5. The van der Waals surface area contributed by atoms with Gasteiger partial charge in [0.2, 0.25) is 0 Å². The molecule has 1 aromatic heterocycles. The summed E-state index contributed by atoms with van der Waals surface area (Å²) >= 11 is 13.8. The Morgan fingerprint density at radius 2 is 1.95 bits per heavy atom. The summed E-state index contributed by atoms with van der Waals surface area (Å²) in [5.74, 6) is 0.802. The lowest BCUT2D eigenvalue weighted by atomic mass is 10.1. The molecule has 0 bridgehead atoms. The van der Waals surface area contributed by atoms with Gasteiger partial charge in [-0.15, -0.1) is 11.8 Å². The van der Waals surface area contributed by atoms with Crippen molar-refractivity contribution in [2.75, 3.05) is 0 Å². The van der Waals surface area contributed by atoms with E-state index in [4.69, 9.17) is 23.2 Å². The Morgan fingerprint density at radius 3 is 2.65 bits per heavy atom. The number of pyridine rings is 1. The van der Waals surface area contributed by atoms with Crippen LogP contribution in [0.25, 0.3) is 0 Å². The van der Waals surface area contributed by atoms with Crippen LogP contribution in [-0.4, -0.2) is 15.8 Å². The fourth-order valence-corrected chi connectivity index (χ4v) is 3.62. The second-order valence-corrected chi connectivity index (χ2v) is 6.34. The zero-order valence-corrected chi connectivity index (χ0v) is 13.4. The monoisotopic (exact) mass is 328 g/mol. The third kappa shape index (κ3) is 4.33. The lowest BCUT2D eigenvalue weighted by Gasteiger charge is -2.10. The minimum absolute atomic E-state index is 0.149. The molecule has 0 saturated carbocycles. The Morgan fingerprint density at radius 1 is 1.25 bits per heavy atom. The molecule has 2 heterocycles. The number of aromatic nitrogens is 1. The van der Waals surface area contributed by atoms with Gasteiger partial charge >= 0.3 is 0 Å². The van der Waals surface area contributed by atoms with Gasteiger partial charge in [-0.3, -0.25) is 14.8 Å². The molecular formula is C14H14Cl2N2OS. The Balaban J connectivity index is 2.10. The van der Waals surface area contributed by atoms with Gasteiger partial charge in [-0.2, -0.15) is 0 Å². The molecule has 0 saturated heterocycles. The molecule has 0 spiro atoms. The molecule has 0 unspecified atom stereocenters. The number of thioether (sulfide) groups is 1. The van der Waals surface area contributed by atoms with Crippen molar-refractivity contribution in [2.45, 2.75) is 31.9 Å². The third-order valence-corrected chi connectivity index (χ3v) is 4.53. The van der Waals surface area contributed by atoms with Crippen LogP contribution in [0, 0.1) is 0 Å². The van der Waals surface area contributed by atoms with Gasteiger partial charge in [0.25, 0.3) is 0 Å². The predicted octanol–water partition coefficient (Wildman–Crippen LogP) is 4.68. The van der Waals surface area contributed by atoms with Gasteiger partial charge in [-0.1, -0.05) is 23.2 Å². The van der Waals surface area contributed by atoms with Crippen molar-refractivity contribution in [1.29, 1.82) is 0 Å². The Kier molecular flexibility index (Phi) is 5.64. The van der Waals surface area contributed by atoms with E-state index < -0.39 is 0 Å². The molecule has 0 aliphatic carbocycles. The smallest absolute Gasteiger partial charge is 0.157 e. The third-order valence-electron chi connectivity index (χ3n) is 2.82. The molecule has 1 aliphatic rings. The standard InChI is InChI=1S/C14H14Cl2N2OS/c1-9-5-10(19)3-2-4-14(18-9)20-8-11-12(15)6-17-7-13(11)16/h5-7H,2-4,8H2,1H3/b9-5-,18-14?. The SMILES string of the molecule is C/C1=C/C(=O)CCCC(SCc2c(Cl)cncc2Cl)=N1. The Hall–Kier alpha value is -0.840. The maximum Gasteiger partial charge on any atom is 0.157 e. The van der Waals surface area contributed by atoms with Gasteiger partial charge in [0.15, 0.2) is 5.78 Å². The van der Waals surface area contributed by atoms with Crippen LogP contribution in [0.5, 0.6) is 0 Å². The number of nitrogens with zero attached hydrogens (tertiary/aromatic N) is 2. The largest absolute Gasteiger partial charge is 0.295 e. The fourth-order valence-electron chi connectivity index (χ4n) is 1.84. The maximum atomic E-state index is 11.4. The van der Waals surface area contributed by atoms with Gasteiger partial charge in [0.1, 0.15) is 0 Å². The number of allylic oxidation sites excluding steroid dienone is 2. The molecule has 106 valence electrons. The van der Waals surface area contributed by atoms with Crippen molar-refractivity contribution in [3.05, 3.63) is 39.8 Å². The van der Waals surface area contributed by atoms with E-state index in [2.05, 4.69) is 9.98 Å². The molecule has 6 heteroatoms. The highest BCUT2D eigenvalue weighted by molar-refractivity contribution is 8.13. The first kappa shape index (κ1) is 15.5. The summed E-state index contributed by atoms with van der Waals surface area (Å²) in [6.45, 7) is 1.84. The lowest BCUT2D eigenvalue weighted by molar-refractivity contribution is -0.114. The zero-order chi connectivity index (χ0) is 14.5. The molecule has 3 nitrogen and oxygen atoms in total. The summed E-state index contributed by atoms with van der Waals surface area (Å²) in [5, 5.41) is 2.15. The van der Waals surface area contributed by atoms with Gasteiger partial charge in [-0.25, -0.2) is 0 Å². The summed E-state index contributed by atoms with van der Waals surface area (Å²) in [5.41, 5.74) is 1.62. The molecule has 0 radical (unpaired) electrons. The number of hydrogen-bond donors (Lipinski definition) is 0. The normalized spacial score (nSPS) is 18.9. The number of carbonyl (C=O) groups excluding carboxylic acids is 1. The molecule has 1 aromatic rings. The van der Waals surface area contributed by atoms with Crippen LogP contribution in [0.4, 0.5) is 0 Å². The summed E-state index contributed by atoms with van der Waals surface area (Å²) < 4.78 is 0. The van der Waals surface area contributed by atoms with Crippen LogP contribution in [0.2, 0.25) is 10.0 Å². The van der Waals surface area contributed by atoms with E-state index in [1.54, 1.807) is 30.2 Å². The van der Waals surface area contributed by atoms with E-state index in [1.165, 1.54) is 0 Å². The van der Waals surface area contributed by atoms with E-state index in [9.17, 15) is 4.79 Å². The second kappa shape index (κ2) is 7.25. The first-order chi connectivity index (χ1) is 9.56. The van der Waals surface area contributed by atoms with Crippen molar-refractivity contribution >= 4 is 45.8 Å². The number of hydrogen-bond acceptors (Lipinski definition) is 4. The van der Waals surface area contributed by atoms with E-state index in [1.807, 2.05) is 6.92 Å². The van der Waals surface area contributed by atoms with E-state index in [-0.39, 0.29) is 5.78 Å². The van der Waals surface area contributed by atoms with Crippen molar-refractivity contribution in [3.8, 4) is 0 Å². The van der Waals surface area contributed by atoms with Gasteiger partial charge in [0, 0.05) is 41.9 Å². The zero-order valence-electron chi connectivity index (χ0n) is 11.0. The summed E-state index contributed by atoms with van der Waals surface area (Å²) in [6, 6.07) is 0. The maximum absolute atomic E-state index is 11.4. The first-order valence-electron chi connectivity index (χ1n) is 6.25. The quantitative estimate of drug-likeness (QED) is 0.791. The molecular weight excluding hydrogens is 315 g/mol. The number of ketones is 1. The van der Waals surface area contributed by atoms with Crippen LogP contribution >= 0.6 is 35.0 Å². The highest BCUT2D eigenvalue weighted by Crippen LogP contribution is 2.29. The lowest BCUT2D eigenvalue weighted by Crippen LogP contribution is -2.03. The van der Waals surface area contributed by atoms with E-state index >= 15 is 0 Å². The van der Waals surface area contributed by atoms with Crippen LogP contribution in [0.15, 0.2) is 29.2 Å². The Labute approximate surface area is 132 Å². The van der Waals surface area contributed by atoms with Crippen molar-refractivity contribution < 1.29 is 4.79 Å². The van der Waals surface area contributed by atoms with Gasteiger partial charge < -0.3 is 0 Å². The predicted molar refractivity (Wildman–Crippen MR) is 85.6 cm³/mol. The molecule has 1 aliphatic heterocycles. The average Bonchev–Trinajstić information content (AvgIpc) is 2.35. The fraction of sp³-hybridized carbons (Fsp3) is 0.357. The van der Waals surface area contributed by atoms with Crippen molar-refractivity contribution in [1.82, 2.24) is 4.98 Å². The summed E-state index contributed by atoms with van der Waals surface area (Å²) in [4.78, 5) is 19.8. The Bertz CT molecular complexity index is 564. The van der Waals surface area contributed by atoms with Crippen LogP contribution < -0.4 is 0 Å².